The van der Waals surface area contributed by atoms with E-state index in [-0.39, 0.29) is 0 Å². The average Bonchev–Trinajstić information content (AvgIpc) is 2.39. The van der Waals surface area contributed by atoms with Gasteiger partial charge in [0.2, 0.25) is 0 Å². The minimum atomic E-state index is 0.826. The van der Waals surface area contributed by atoms with Crippen LogP contribution in [0.4, 0.5) is 0 Å². The molecule has 4 atom stereocenters. The minimum Gasteiger partial charge on any atom is -0.311 e. The molecule has 0 aliphatic heterocycles. The summed E-state index contributed by atoms with van der Waals surface area (Å²) >= 11 is 0. The van der Waals surface area contributed by atoms with Crippen molar-refractivity contribution >= 4 is 0 Å². The van der Waals surface area contributed by atoms with Crippen molar-refractivity contribution in [2.75, 3.05) is 0 Å². The van der Waals surface area contributed by atoms with E-state index in [0.29, 0.717) is 0 Å². The van der Waals surface area contributed by atoms with Crippen molar-refractivity contribution in [3.63, 3.8) is 0 Å². The molecular weight excluding hydrogens is 218 g/mol. The van der Waals surface area contributed by atoms with E-state index in [2.05, 4.69) is 26.1 Å². The van der Waals surface area contributed by atoms with Crippen molar-refractivity contribution in [3.8, 4) is 0 Å². The summed E-state index contributed by atoms with van der Waals surface area (Å²) in [5.41, 5.74) is 0. The molecule has 2 saturated carbocycles. The van der Waals surface area contributed by atoms with Gasteiger partial charge in [-0.15, -0.1) is 0 Å². The van der Waals surface area contributed by atoms with E-state index in [1.54, 1.807) is 0 Å². The summed E-state index contributed by atoms with van der Waals surface area (Å²) in [5, 5.41) is 4.01. The molecule has 0 amide bonds. The van der Waals surface area contributed by atoms with Crippen LogP contribution in [0.1, 0.15) is 78.6 Å². The van der Waals surface area contributed by atoms with Crippen molar-refractivity contribution in [1.29, 1.82) is 0 Å². The first-order chi connectivity index (χ1) is 8.69. The lowest BCUT2D eigenvalue weighted by Crippen LogP contribution is -2.43. The van der Waals surface area contributed by atoms with Crippen LogP contribution in [0.15, 0.2) is 0 Å². The van der Waals surface area contributed by atoms with Crippen LogP contribution in [-0.4, -0.2) is 12.1 Å². The van der Waals surface area contributed by atoms with Gasteiger partial charge in [-0.1, -0.05) is 52.9 Å². The Balaban J connectivity index is 1.78. The summed E-state index contributed by atoms with van der Waals surface area (Å²) in [6.45, 7) is 7.17. The molecule has 1 N–H and O–H groups in total. The van der Waals surface area contributed by atoms with Gasteiger partial charge in [-0.05, 0) is 43.4 Å². The highest BCUT2D eigenvalue weighted by Gasteiger charge is 2.27. The molecular formula is C17H33N. The molecule has 0 aromatic heterocycles. The lowest BCUT2D eigenvalue weighted by Gasteiger charge is -2.37. The van der Waals surface area contributed by atoms with Crippen LogP contribution in [-0.2, 0) is 0 Å². The van der Waals surface area contributed by atoms with Crippen LogP contribution < -0.4 is 5.32 Å². The highest BCUT2D eigenvalue weighted by Crippen LogP contribution is 2.32. The molecule has 0 aromatic rings. The molecule has 0 spiro atoms. The summed E-state index contributed by atoms with van der Waals surface area (Å²) in [6.07, 6.45) is 13.0. The molecule has 18 heavy (non-hydrogen) atoms. The second-order valence-electron chi connectivity index (χ2n) is 7.17. The van der Waals surface area contributed by atoms with Crippen LogP contribution >= 0.6 is 0 Å². The second-order valence-corrected chi connectivity index (χ2v) is 7.17. The topological polar surface area (TPSA) is 12.0 Å². The maximum absolute atomic E-state index is 4.01. The lowest BCUT2D eigenvalue weighted by atomic mass is 9.78. The predicted octanol–water partition coefficient (Wildman–Crippen LogP) is 4.76. The Hall–Kier alpha value is -0.0400. The van der Waals surface area contributed by atoms with Gasteiger partial charge in [0.05, 0.1) is 0 Å². The van der Waals surface area contributed by atoms with Crippen molar-refractivity contribution in [2.24, 2.45) is 17.8 Å². The molecule has 106 valence electrons. The quantitative estimate of drug-likeness (QED) is 0.759. The molecule has 0 saturated heterocycles. The minimum absolute atomic E-state index is 0.826. The molecule has 1 heteroatoms. The first-order valence-corrected chi connectivity index (χ1v) is 8.45. The zero-order valence-electron chi connectivity index (χ0n) is 12.8. The number of hydrogen-bond donors (Lipinski definition) is 1. The molecule has 4 unspecified atom stereocenters. The van der Waals surface area contributed by atoms with E-state index in [0.717, 1.165) is 29.8 Å². The summed E-state index contributed by atoms with van der Waals surface area (Å²) in [6, 6.07) is 1.66. The first kappa shape index (κ1) is 14.4. The summed E-state index contributed by atoms with van der Waals surface area (Å²) in [7, 11) is 0. The third-order valence-electron chi connectivity index (χ3n) is 5.49. The third kappa shape index (κ3) is 3.98. The van der Waals surface area contributed by atoms with E-state index < -0.39 is 0 Å². The fourth-order valence-electron chi connectivity index (χ4n) is 4.13. The first-order valence-electron chi connectivity index (χ1n) is 8.45. The molecule has 0 bridgehead atoms. The Bertz CT molecular complexity index is 236. The molecule has 0 radical (unpaired) electrons. The standard InChI is InChI=1S/C17H33N/c1-4-14-7-5-9-16(11-14)18-17-10-6-8-15(12-17)13(2)3/h13-18H,4-12H2,1-3H3. The van der Waals surface area contributed by atoms with E-state index in [9.17, 15) is 0 Å². The Morgan fingerprint density at radius 2 is 1.61 bits per heavy atom. The SMILES string of the molecule is CCC1CCCC(NC2CCCC(C(C)C)C2)C1. The van der Waals surface area contributed by atoms with E-state index in [4.69, 9.17) is 0 Å². The van der Waals surface area contributed by atoms with E-state index in [1.807, 2.05) is 0 Å². The molecule has 1 nitrogen and oxygen atoms in total. The number of hydrogen-bond acceptors (Lipinski definition) is 1. The average molecular weight is 251 g/mol. The number of rotatable bonds is 4. The Morgan fingerprint density at radius 3 is 2.28 bits per heavy atom. The maximum Gasteiger partial charge on any atom is 0.00723 e. The predicted molar refractivity (Wildman–Crippen MR) is 79.8 cm³/mol. The molecule has 0 aromatic carbocycles. The van der Waals surface area contributed by atoms with Crippen LogP contribution in [0.2, 0.25) is 0 Å². The maximum atomic E-state index is 4.01. The van der Waals surface area contributed by atoms with Crippen LogP contribution in [0, 0.1) is 17.8 Å². The van der Waals surface area contributed by atoms with Gasteiger partial charge >= 0.3 is 0 Å². The molecule has 2 fully saturated rings. The molecule has 2 aliphatic carbocycles. The van der Waals surface area contributed by atoms with Gasteiger partial charge in [0.1, 0.15) is 0 Å². The monoisotopic (exact) mass is 251 g/mol. The largest absolute Gasteiger partial charge is 0.311 e. The number of nitrogens with one attached hydrogen (secondary N) is 1. The van der Waals surface area contributed by atoms with Gasteiger partial charge in [0, 0.05) is 12.1 Å². The van der Waals surface area contributed by atoms with E-state index >= 15 is 0 Å². The third-order valence-corrected chi connectivity index (χ3v) is 5.49. The molecule has 2 rings (SSSR count). The normalized spacial score (nSPS) is 38.0. The smallest absolute Gasteiger partial charge is 0.00723 e. The van der Waals surface area contributed by atoms with Gasteiger partial charge < -0.3 is 5.32 Å². The fraction of sp³-hybridized carbons (Fsp3) is 1.00. The van der Waals surface area contributed by atoms with Crippen LogP contribution in [0.5, 0.6) is 0 Å². The summed E-state index contributed by atoms with van der Waals surface area (Å²) in [5.74, 6) is 2.85. The fourth-order valence-corrected chi connectivity index (χ4v) is 4.13. The lowest BCUT2D eigenvalue weighted by molar-refractivity contribution is 0.194. The van der Waals surface area contributed by atoms with Crippen LogP contribution in [0.3, 0.4) is 0 Å². The summed E-state index contributed by atoms with van der Waals surface area (Å²) in [4.78, 5) is 0. The molecule has 0 heterocycles. The van der Waals surface area contributed by atoms with Crippen molar-refractivity contribution < 1.29 is 0 Å². The zero-order valence-corrected chi connectivity index (χ0v) is 12.8. The van der Waals surface area contributed by atoms with Gasteiger partial charge in [-0.2, -0.15) is 0 Å². The van der Waals surface area contributed by atoms with Crippen LogP contribution in [0.25, 0.3) is 0 Å². The zero-order chi connectivity index (χ0) is 13.0. The highest BCUT2D eigenvalue weighted by atomic mass is 15.0. The van der Waals surface area contributed by atoms with Crippen molar-refractivity contribution in [2.45, 2.75) is 90.6 Å². The Labute approximate surface area is 114 Å². The van der Waals surface area contributed by atoms with Crippen molar-refractivity contribution in [1.82, 2.24) is 5.32 Å². The van der Waals surface area contributed by atoms with Gasteiger partial charge in [0.25, 0.3) is 0 Å². The summed E-state index contributed by atoms with van der Waals surface area (Å²) < 4.78 is 0. The molecule has 2 aliphatic rings. The van der Waals surface area contributed by atoms with Gasteiger partial charge in [0.15, 0.2) is 0 Å². The Morgan fingerprint density at radius 1 is 0.944 bits per heavy atom. The van der Waals surface area contributed by atoms with E-state index in [1.165, 1.54) is 57.8 Å². The van der Waals surface area contributed by atoms with Gasteiger partial charge in [-0.25, -0.2) is 0 Å². The Kier molecular flexibility index (Phi) is 5.54. The highest BCUT2D eigenvalue weighted by molar-refractivity contribution is 4.85. The van der Waals surface area contributed by atoms with Gasteiger partial charge in [-0.3, -0.25) is 0 Å². The van der Waals surface area contributed by atoms with Crippen molar-refractivity contribution in [3.05, 3.63) is 0 Å². The second kappa shape index (κ2) is 6.93.